The molecule has 1 unspecified atom stereocenters. The molecule has 0 aliphatic carbocycles. The Morgan fingerprint density at radius 3 is 2.68 bits per heavy atom. The molecule has 0 aromatic carbocycles. The highest BCUT2D eigenvalue weighted by Gasteiger charge is 2.16. The molecular weight excluding hydrogens is 324 g/mol. The van der Waals surface area contributed by atoms with Crippen LogP contribution >= 0.6 is 27.3 Å². The third kappa shape index (κ3) is 3.45. The zero-order valence-electron chi connectivity index (χ0n) is 11.4. The van der Waals surface area contributed by atoms with E-state index in [-0.39, 0.29) is 6.04 Å². The fourth-order valence-corrected chi connectivity index (χ4v) is 3.79. The van der Waals surface area contributed by atoms with Crippen molar-refractivity contribution < 1.29 is 0 Å². The Hall–Kier alpha value is -0.690. The van der Waals surface area contributed by atoms with Crippen LogP contribution in [-0.4, -0.2) is 15.8 Å². The number of hydrazine groups is 1. The number of nitrogens with zero attached hydrogens (tertiary/aromatic N) is 2. The van der Waals surface area contributed by atoms with Crippen LogP contribution < -0.4 is 11.3 Å². The average Bonchev–Trinajstić information content (AvgIpc) is 2.87. The molecule has 0 saturated heterocycles. The first kappa shape index (κ1) is 14.7. The quantitative estimate of drug-likeness (QED) is 0.648. The lowest BCUT2D eigenvalue weighted by atomic mass is 10.0. The van der Waals surface area contributed by atoms with Crippen LogP contribution in [0.25, 0.3) is 0 Å². The van der Waals surface area contributed by atoms with Gasteiger partial charge >= 0.3 is 0 Å². The third-order valence-corrected chi connectivity index (χ3v) is 5.13. The van der Waals surface area contributed by atoms with Crippen molar-refractivity contribution in [2.75, 3.05) is 0 Å². The Morgan fingerprint density at radius 2 is 2.21 bits per heavy atom. The van der Waals surface area contributed by atoms with Crippen LogP contribution in [0, 0.1) is 13.8 Å². The summed E-state index contributed by atoms with van der Waals surface area (Å²) < 4.78 is 3.07. The van der Waals surface area contributed by atoms with Gasteiger partial charge in [0, 0.05) is 33.5 Å². The number of thiophene rings is 1. The Bertz CT molecular complexity index is 561. The normalized spacial score (nSPS) is 12.9. The number of aromatic nitrogens is 2. The molecule has 2 heterocycles. The van der Waals surface area contributed by atoms with E-state index in [1.54, 1.807) is 11.3 Å². The zero-order chi connectivity index (χ0) is 14.0. The van der Waals surface area contributed by atoms with Crippen LogP contribution in [0.2, 0.25) is 0 Å². The van der Waals surface area contributed by atoms with Crippen LogP contribution in [0.15, 0.2) is 15.9 Å². The number of hydrogen-bond donors (Lipinski definition) is 2. The van der Waals surface area contributed by atoms with Gasteiger partial charge in [-0.25, -0.2) is 0 Å². The van der Waals surface area contributed by atoms with E-state index < -0.39 is 0 Å². The van der Waals surface area contributed by atoms with E-state index in [0.29, 0.717) is 0 Å². The Labute approximate surface area is 126 Å². The first-order valence-corrected chi connectivity index (χ1v) is 7.86. The van der Waals surface area contributed by atoms with E-state index in [4.69, 9.17) is 5.84 Å². The number of rotatable bonds is 5. The molecule has 2 aromatic heterocycles. The summed E-state index contributed by atoms with van der Waals surface area (Å²) >= 11 is 5.24. The highest BCUT2D eigenvalue weighted by atomic mass is 79.9. The number of halogens is 1. The molecule has 6 heteroatoms. The van der Waals surface area contributed by atoms with E-state index in [1.165, 1.54) is 16.1 Å². The van der Waals surface area contributed by atoms with E-state index in [2.05, 4.69) is 51.7 Å². The summed E-state index contributed by atoms with van der Waals surface area (Å²) in [5, 5.41) is 6.55. The van der Waals surface area contributed by atoms with Crippen LogP contribution in [0.1, 0.15) is 21.8 Å². The maximum Gasteiger partial charge on any atom is 0.0628 e. The van der Waals surface area contributed by atoms with Crippen molar-refractivity contribution in [3.05, 3.63) is 37.7 Å². The molecule has 3 N–H and O–H groups in total. The zero-order valence-corrected chi connectivity index (χ0v) is 13.8. The van der Waals surface area contributed by atoms with Crippen molar-refractivity contribution >= 4 is 27.3 Å². The molecule has 19 heavy (non-hydrogen) atoms. The fourth-order valence-electron chi connectivity index (χ4n) is 2.25. The van der Waals surface area contributed by atoms with E-state index in [9.17, 15) is 0 Å². The fraction of sp³-hybridized carbons (Fsp3) is 0.462. The highest BCUT2D eigenvalue weighted by molar-refractivity contribution is 9.10. The maximum atomic E-state index is 5.70. The van der Waals surface area contributed by atoms with Crippen molar-refractivity contribution in [1.82, 2.24) is 15.2 Å². The summed E-state index contributed by atoms with van der Waals surface area (Å²) in [6.45, 7) is 4.16. The van der Waals surface area contributed by atoms with Crippen molar-refractivity contribution in [3.63, 3.8) is 0 Å². The predicted octanol–water partition coefficient (Wildman–Crippen LogP) is 2.48. The van der Waals surface area contributed by atoms with E-state index in [0.717, 1.165) is 23.0 Å². The smallest absolute Gasteiger partial charge is 0.0628 e. The standard InChI is InChI=1S/C13H19BrN4S/c1-8-13(9(2)18(3)17-8)6-11(16-15)5-12-4-10(14)7-19-12/h4,7,11,16H,5-6,15H2,1-3H3. The van der Waals surface area contributed by atoms with Gasteiger partial charge in [0.1, 0.15) is 0 Å². The molecule has 4 nitrogen and oxygen atoms in total. The summed E-state index contributed by atoms with van der Waals surface area (Å²) in [7, 11) is 1.98. The molecule has 0 spiro atoms. The number of hydrogen-bond acceptors (Lipinski definition) is 4. The second kappa shape index (κ2) is 6.17. The molecule has 0 bridgehead atoms. The molecule has 0 radical (unpaired) electrons. The molecule has 0 aliphatic rings. The average molecular weight is 343 g/mol. The van der Waals surface area contributed by atoms with Crippen LogP contribution in [0.5, 0.6) is 0 Å². The predicted molar refractivity (Wildman–Crippen MR) is 83.2 cm³/mol. The van der Waals surface area contributed by atoms with Crippen molar-refractivity contribution in [2.24, 2.45) is 12.9 Å². The van der Waals surface area contributed by atoms with Gasteiger partial charge in [-0.05, 0) is 54.2 Å². The minimum absolute atomic E-state index is 0.229. The molecular formula is C13H19BrN4S. The lowest BCUT2D eigenvalue weighted by Gasteiger charge is -2.15. The Balaban J connectivity index is 2.10. The van der Waals surface area contributed by atoms with Gasteiger partial charge in [0.25, 0.3) is 0 Å². The highest BCUT2D eigenvalue weighted by Crippen LogP contribution is 2.22. The molecule has 0 amide bonds. The Morgan fingerprint density at radius 1 is 1.47 bits per heavy atom. The van der Waals surface area contributed by atoms with Crippen molar-refractivity contribution in [3.8, 4) is 0 Å². The van der Waals surface area contributed by atoms with Gasteiger partial charge in [0.2, 0.25) is 0 Å². The van der Waals surface area contributed by atoms with Crippen molar-refractivity contribution in [1.29, 1.82) is 0 Å². The van der Waals surface area contributed by atoms with E-state index >= 15 is 0 Å². The first-order chi connectivity index (χ1) is 9.01. The lowest BCUT2D eigenvalue weighted by Crippen LogP contribution is -2.38. The number of nitrogens with one attached hydrogen (secondary N) is 1. The minimum Gasteiger partial charge on any atom is -0.272 e. The lowest BCUT2D eigenvalue weighted by molar-refractivity contribution is 0.523. The maximum absolute atomic E-state index is 5.70. The van der Waals surface area contributed by atoms with Gasteiger partial charge in [-0.3, -0.25) is 16.0 Å². The molecule has 1 atom stereocenters. The second-order valence-corrected chi connectivity index (χ2v) is 6.69. The van der Waals surface area contributed by atoms with Gasteiger partial charge in [-0.1, -0.05) is 0 Å². The van der Waals surface area contributed by atoms with Crippen LogP contribution in [0.3, 0.4) is 0 Å². The van der Waals surface area contributed by atoms with Crippen LogP contribution in [0.4, 0.5) is 0 Å². The monoisotopic (exact) mass is 342 g/mol. The summed E-state index contributed by atoms with van der Waals surface area (Å²) in [6, 6.07) is 2.38. The molecule has 2 rings (SSSR count). The molecule has 0 saturated carbocycles. The largest absolute Gasteiger partial charge is 0.272 e. The summed E-state index contributed by atoms with van der Waals surface area (Å²) in [4.78, 5) is 1.33. The Kier molecular flexibility index (Phi) is 4.78. The first-order valence-electron chi connectivity index (χ1n) is 6.19. The minimum atomic E-state index is 0.229. The summed E-state index contributed by atoms with van der Waals surface area (Å²) in [5.74, 6) is 5.70. The third-order valence-electron chi connectivity index (χ3n) is 3.41. The van der Waals surface area contributed by atoms with Crippen LogP contribution in [-0.2, 0) is 19.9 Å². The summed E-state index contributed by atoms with van der Waals surface area (Å²) in [5.41, 5.74) is 6.52. The van der Waals surface area contributed by atoms with Gasteiger partial charge in [0.05, 0.1) is 5.69 Å². The number of nitrogens with two attached hydrogens (primary N) is 1. The second-order valence-electron chi connectivity index (χ2n) is 4.78. The molecule has 2 aromatic rings. The van der Waals surface area contributed by atoms with Gasteiger partial charge < -0.3 is 0 Å². The topological polar surface area (TPSA) is 55.9 Å². The number of aryl methyl sites for hydroxylation is 2. The van der Waals surface area contributed by atoms with Gasteiger partial charge in [-0.2, -0.15) is 5.10 Å². The molecule has 104 valence electrons. The molecule has 0 fully saturated rings. The van der Waals surface area contributed by atoms with Gasteiger partial charge in [0.15, 0.2) is 0 Å². The van der Waals surface area contributed by atoms with Crippen molar-refractivity contribution in [2.45, 2.75) is 32.7 Å². The summed E-state index contributed by atoms with van der Waals surface area (Å²) in [6.07, 6.45) is 1.83. The van der Waals surface area contributed by atoms with E-state index in [1.807, 2.05) is 11.7 Å². The van der Waals surface area contributed by atoms with Gasteiger partial charge in [-0.15, -0.1) is 11.3 Å². The SMILES string of the molecule is Cc1nn(C)c(C)c1CC(Cc1cc(Br)cs1)NN. The molecule has 0 aliphatic heterocycles.